The summed E-state index contributed by atoms with van der Waals surface area (Å²) >= 11 is 0. The molecule has 2 fully saturated rings. The molecule has 2 saturated heterocycles. The molecule has 0 aromatic heterocycles. The van der Waals surface area contributed by atoms with E-state index in [2.05, 4.69) is 0 Å². The van der Waals surface area contributed by atoms with Crippen LogP contribution in [0.5, 0.6) is 0 Å². The monoisotopic (exact) mass is 292 g/mol. The molecule has 0 amide bonds. The number of hydrogen-bond donors (Lipinski definition) is 1. The number of hydrogen-bond acceptors (Lipinski definition) is 4. The van der Waals surface area contributed by atoms with Crippen molar-refractivity contribution in [1.82, 2.24) is 8.61 Å². The Labute approximate surface area is 113 Å². The number of carboxylic acids is 1. The number of carbonyl (C=O) groups is 1. The lowest BCUT2D eigenvalue weighted by Gasteiger charge is -2.32. The Kier molecular flexibility index (Phi) is 4.77. The van der Waals surface area contributed by atoms with E-state index in [4.69, 9.17) is 9.84 Å². The number of carboxylic acid groups (broad SMARTS) is 1. The van der Waals surface area contributed by atoms with E-state index in [1.54, 1.807) is 0 Å². The van der Waals surface area contributed by atoms with E-state index in [0.717, 1.165) is 12.8 Å². The SMILES string of the molecule is O=C(O)CCC1CCCN1S(=O)(=O)N1CCOCC1. The quantitative estimate of drug-likeness (QED) is 0.764. The van der Waals surface area contributed by atoms with Crippen LogP contribution in [0.2, 0.25) is 0 Å². The van der Waals surface area contributed by atoms with E-state index in [9.17, 15) is 13.2 Å². The van der Waals surface area contributed by atoms with Crippen LogP contribution in [0.3, 0.4) is 0 Å². The maximum atomic E-state index is 12.5. The Morgan fingerprint density at radius 3 is 2.58 bits per heavy atom. The van der Waals surface area contributed by atoms with E-state index in [-0.39, 0.29) is 12.5 Å². The number of nitrogens with zero attached hydrogens (tertiary/aromatic N) is 2. The van der Waals surface area contributed by atoms with Gasteiger partial charge in [0, 0.05) is 32.1 Å². The minimum Gasteiger partial charge on any atom is -0.481 e. The molecule has 2 rings (SSSR count). The molecule has 1 atom stereocenters. The summed E-state index contributed by atoms with van der Waals surface area (Å²) in [4.78, 5) is 10.6. The van der Waals surface area contributed by atoms with Gasteiger partial charge in [0.25, 0.3) is 10.2 Å². The summed E-state index contributed by atoms with van der Waals surface area (Å²) in [7, 11) is -3.47. The van der Waals surface area contributed by atoms with Crippen molar-refractivity contribution >= 4 is 16.2 Å². The molecule has 0 saturated carbocycles. The van der Waals surface area contributed by atoms with Gasteiger partial charge >= 0.3 is 5.97 Å². The highest BCUT2D eigenvalue weighted by Crippen LogP contribution is 2.26. The number of ether oxygens (including phenoxy) is 1. The molecule has 0 bridgehead atoms. The van der Waals surface area contributed by atoms with Crippen molar-refractivity contribution in [3.05, 3.63) is 0 Å². The molecule has 0 spiro atoms. The number of morpholine rings is 1. The highest BCUT2D eigenvalue weighted by Gasteiger charge is 2.38. The summed E-state index contributed by atoms with van der Waals surface area (Å²) in [6, 6.07) is -0.177. The normalized spacial score (nSPS) is 26.6. The van der Waals surface area contributed by atoms with E-state index >= 15 is 0 Å². The standard InChI is InChI=1S/C11H20N2O5S/c14-11(15)4-3-10-2-1-5-13(10)19(16,17)12-6-8-18-9-7-12/h10H,1-9H2,(H,14,15). The Morgan fingerprint density at radius 1 is 1.26 bits per heavy atom. The van der Waals surface area contributed by atoms with Crippen LogP contribution in [0.1, 0.15) is 25.7 Å². The van der Waals surface area contributed by atoms with E-state index < -0.39 is 16.2 Å². The average Bonchev–Trinajstić information content (AvgIpc) is 2.86. The summed E-state index contributed by atoms with van der Waals surface area (Å²) in [5.41, 5.74) is 0. The lowest BCUT2D eigenvalue weighted by atomic mass is 10.1. The highest BCUT2D eigenvalue weighted by atomic mass is 32.2. The van der Waals surface area contributed by atoms with Gasteiger partial charge in [-0.05, 0) is 19.3 Å². The van der Waals surface area contributed by atoms with Crippen molar-refractivity contribution in [1.29, 1.82) is 0 Å². The lowest BCUT2D eigenvalue weighted by Crippen LogP contribution is -2.50. The number of rotatable bonds is 5. The zero-order valence-electron chi connectivity index (χ0n) is 10.8. The zero-order valence-corrected chi connectivity index (χ0v) is 11.6. The summed E-state index contributed by atoms with van der Waals surface area (Å²) in [5, 5.41) is 8.72. The third-order valence-electron chi connectivity index (χ3n) is 3.61. The Balaban J connectivity index is 2.03. The molecule has 2 aliphatic rings. The fourth-order valence-corrected chi connectivity index (χ4v) is 4.47. The van der Waals surface area contributed by atoms with Gasteiger partial charge in [-0.3, -0.25) is 4.79 Å². The molecule has 2 heterocycles. The lowest BCUT2D eigenvalue weighted by molar-refractivity contribution is -0.137. The molecule has 0 aromatic carbocycles. The first-order valence-corrected chi connectivity index (χ1v) is 7.98. The minimum atomic E-state index is -3.47. The van der Waals surface area contributed by atoms with Crippen molar-refractivity contribution < 1.29 is 23.1 Å². The van der Waals surface area contributed by atoms with E-state index in [1.807, 2.05) is 0 Å². The Morgan fingerprint density at radius 2 is 1.95 bits per heavy atom. The second kappa shape index (κ2) is 6.17. The van der Waals surface area contributed by atoms with Crippen LogP contribution in [-0.2, 0) is 19.7 Å². The van der Waals surface area contributed by atoms with Gasteiger partial charge < -0.3 is 9.84 Å². The highest BCUT2D eigenvalue weighted by molar-refractivity contribution is 7.86. The van der Waals surface area contributed by atoms with Gasteiger partial charge in [-0.2, -0.15) is 17.0 Å². The van der Waals surface area contributed by atoms with Gasteiger partial charge in [0.1, 0.15) is 0 Å². The van der Waals surface area contributed by atoms with Gasteiger partial charge in [-0.1, -0.05) is 0 Å². The second-order valence-electron chi connectivity index (χ2n) is 4.86. The fraction of sp³-hybridized carbons (Fsp3) is 0.909. The maximum absolute atomic E-state index is 12.5. The van der Waals surface area contributed by atoms with Gasteiger partial charge in [0.2, 0.25) is 0 Å². The van der Waals surface area contributed by atoms with Crippen LogP contribution in [0.25, 0.3) is 0 Å². The molecule has 0 aromatic rings. The van der Waals surface area contributed by atoms with Crippen LogP contribution >= 0.6 is 0 Å². The van der Waals surface area contributed by atoms with Crippen molar-refractivity contribution in [3.8, 4) is 0 Å². The molecule has 7 nitrogen and oxygen atoms in total. The minimum absolute atomic E-state index is 0.0137. The third-order valence-corrected chi connectivity index (χ3v) is 5.70. The van der Waals surface area contributed by atoms with Gasteiger partial charge in [0.15, 0.2) is 0 Å². The van der Waals surface area contributed by atoms with Crippen molar-refractivity contribution in [2.75, 3.05) is 32.8 Å². The second-order valence-corrected chi connectivity index (χ2v) is 6.74. The van der Waals surface area contributed by atoms with Crippen LogP contribution in [-0.4, -0.2) is 67.0 Å². The van der Waals surface area contributed by atoms with Crippen molar-refractivity contribution in [2.45, 2.75) is 31.7 Å². The molecule has 0 aliphatic carbocycles. The van der Waals surface area contributed by atoms with Gasteiger partial charge in [-0.25, -0.2) is 0 Å². The Bertz CT molecular complexity index is 419. The summed E-state index contributed by atoms with van der Waals surface area (Å²) in [6.07, 6.45) is 1.95. The third kappa shape index (κ3) is 3.44. The first-order chi connectivity index (χ1) is 9.01. The van der Waals surface area contributed by atoms with Crippen LogP contribution in [0, 0.1) is 0 Å². The predicted molar refractivity (Wildman–Crippen MR) is 67.9 cm³/mol. The molecule has 1 N–H and O–H groups in total. The van der Waals surface area contributed by atoms with Gasteiger partial charge in [-0.15, -0.1) is 0 Å². The Hall–Kier alpha value is -0.700. The van der Waals surface area contributed by atoms with E-state index in [1.165, 1.54) is 8.61 Å². The maximum Gasteiger partial charge on any atom is 0.303 e. The molecule has 19 heavy (non-hydrogen) atoms. The zero-order chi connectivity index (χ0) is 13.9. The van der Waals surface area contributed by atoms with Gasteiger partial charge in [0.05, 0.1) is 13.2 Å². The topological polar surface area (TPSA) is 87.2 Å². The summed E-state index contributed by atoms with van der Waals surface area (Å²) < 4.78 is 33.1. The summed E-state index contributed by atoms with van der Waals surface area (Å²) in [6.45, 7) is 2.10. The van der Waals surface area contributed by atoms with Crippen LogP contribution in [0.4, 0.5) is 0 Å². The largest absolute Gasteiger partial charge is 0.481 e. The molecule has 0 radical (unpaired) electrons. The smallest absolute Gasteiger partial charge is 0.303 e. The summed E-state index contributed by atoms with van der Waals surface area (Å²) in [5.74, 6) is -0.879. The fourth-order valence-electron chi connectivity index (χ4n) is 2.62. The molecule has 110 valence electrons. The van der Waals surface area contributed by atoms with Crippen molar-refractivity contribution in [2.24, 2.45) is 0 Å². The van der Waals surface area contributed by atoms with Crippen molar-refractivity contribution in [3.63, 3.8) is 0 Å². The van der Waals surface area contributed by atoms with E-state index in [0.29, 0.717) is 39.3 Å². The first-order valence-electron chi connectivity index (χ1n) is 6.58. The van der Waals surface area contributed by atoms with Crippen LogP contribution < -0.4 is 0 Å². The molecule has 8 heteroatoms. The predicted octanol–water partition coefficient (Wildman–Crippen LogP) is -0.107. The molecule has 1 unspecified atom stereocenters. The first kappa shape index (κ1) is 14.7. The number of aliphatic carboxylic acids is 1. The molecular weight excluding hydrogens is 272 g/mol. The molecule has 2 aliphatic heterocycles. The average molecular weight is 292 g/mol. The van der Waals surface area contributed by atoms with Crippen LogP contribution in [0.15, 0.2) is 0 Å². The molecular formula is C11H20N2O5S.